The fraction of sp³-hybridized carbons (Fsp3) is 0.533. The Balaban J connectivity index is 1.65. The lowest BCUT2D eigenvalue weighted by Crippen LogP contribution is -2.50. The van der Waals surface area contributed by atoms with Crippen molar-refractivity contribution >= 4 is 23.2 Å². The van der Waals surface area contributed by atoms with Crippen LogP contribution in [0.15, 0.2) is 53.7 Å². The number of aliphatic hydroxyl groups excluding tert-OH is 1. The van der Waals surface area contributed by atoms with E-state index in [1.807, 2.05) is 42.5 Å². The standard InChI is InChI=1S/C30H40N4O3/c1-3-5-13-25-23-12-7-8-14-26(23)34(20-22-11-9-10-18-31-22)30(37)28(32-25)33-29(36)24(19-21-16-17-21)27(35)15-6-4-2/h7-12,14,18,21,24,27-28,35H,3-6,13,15-17,19-20H2,1-2H3,(H,33,36)/t24-,27+,28?/m1/s1. The molecule has 4 rings (SSSR count). The van der Waals surface area contributed by atoms with Crippen LogP contribution in [0, 0.1) is 11.8 Å². The third-order valence-corrected chi connectivity index (χ3v) is 7.32. The molecule has 7 heteroatoms. The van der Waals surface area contributed by atoms with Crippen molar-refractivity contribution in [2.24, 2.45) is 16.8 Å². The fourth-order valence-electron chi connectivity index (χ4n) is 4.96. The molecule has 1 unspecified atom stereocenters. The number of hydrogen-bond donors (Lipinski definition) is 2. The maximum Gasteiger partial charge on any atom is 0.272 e. The molecule has 1 aromatic heterocycles. The van der Waals surface area contributed by atoms with Crippen molar-refractivity contribution in [3.63, 3.8) is 0 Å². The summed E-state index contributed by atoms with van der Waals surface area (Å²) in [6.45, 7) is 4.48. The van der Waals surface area contributed by atoms with Crippen molar-refractivity contribution in [3.8, 4) is 0 Å². The van der Waals surface area contributed by atoms with Crippen molar-refractivity contribution in [1.29, 1.82) is 0 Å². The number of hydrogen-bond acceptors (Lipinski definition) is 5. The summed E-state index contributed by atoms with van der Waals surface area (Å²) in [6, 6.07) is 13.5. The summed E-state index contributed by atoms with van der Waals surface area (Å²) in [5.41, 5.74) is 3.27. The van der Waals surface area contributed by atoms with E-state index in [1.54, 1.807) is 11.1 Å². The van der Waals surface area contributed by atoms with E-state index in [0.717, 1.165) is 67.6 Å². The molecule has 1 saturated carbocycles. The molecule has 2 aliphatic rings. The minimum absolute atomic E-state index is 0.281. The normalized spacial score (nSPS) is 19.0. The van der Waals surface area contributed by atoms with E-state index in [-0.39, 0.29) is 18.4 Å². The van der Waals surface area contributed by atoms with Crippen LogP contribution in [0.3, 0.4) is 0 Å². The summed E-state index contributed by atoms with van der Waals surface area (Å²) in [4.78, 5) is 38.5. The van der Waals surface area contributed by atoms with Gasteiger partial charge in [0.2, 0.25) is 12.1 Å². The molecule has 0 bridgehead atoms. The number of amides is 2. The second kappa shape index (κ2) is 13.0. The Bertz CT molecular complexity index is 1080. The molecule has 0 radical (unpaired) electrons. The van der Waals surface area contributed by atoms with Crippen LogP contribution in [0.1, 0.15) is 82.9 Å². The summed E-state index contributed by atoms with van der Waals surface area (Å²) in [6.07, 6.45) is 7.86. The van der Waals surface area contributed by atoms with Gasteiger partial charge in [0.15, 0.2) is 0 Å². The first-order valence-electron chi connectivity index (χ1n) is 13.9. The first-order chi connectivity index (χ1) is 18.0. The van der Waals surface area contributed by atoms with Crippen LogP contribution in [-0.2, 0) is 16.1 Å². The number of benzene rings is 1. The molecule has 0 saturated heterocycles. The average molecular weight is 505 g/mol. The first-order valence-corrected chi connectivity index (χ1v) is 13.9. The van der Waals surface area contributed by atoms with Crippen LogP contribution in [0.25, 0.3) is 0 Å². The van der Waals surface area contributed by atoms with E-state index in [4.69, 9.17) is 4.99 Å². The molecule has 3 atom stereocenters. The van der Waals surface area contributed by atoms with Gasteiger partial charge in [-0.1, -0.05) is 70.2 Å². The van der Waals surface area contributed by atoms with Gasteiger partial charge in [0.25, 0.3) is 5.91 Å². The minimum Gasteiger partial charge on any atom is -0.392 e. The zero-order valence-electron chi connectivity index (χ0n) is 22.1. The average Bonchev–Trinajstić information content (AvgIpc) is 3.75. The van der Waals surface area contributed by atoms with Gasteiger partial charge in [0, 0.05) is 17.5 Å². The molecule has 2 heterocycles. The van der Waals surface area contributed by atoms with E-state index in [0.29, 0.717) is 18.8 Å². The summed E-state index contributed by atoms with van der Waals surface area (Å²) >= 11 is 0. The van der Waals surface area contributed by atoms with E-state index < -0.39 is 18.2 Å². The number of aliphatic imine (C=N–C) groups is 1. The Morgan fingerprint density at radius 3 is 2.57 bits per heavy atom. The van der Waals surface area contributed by atoms with Crippen LogP contribution >= 0.6 is 0 Å². The number of aliphatic hydroxyl groups is 1. The maximum atomic E-state index is 14.0. The van der Waals surface area contributed by atoms with Gasteiger partial charge in [-0.3, -0.25) is 19.6 Å². The first kappa shape index (κ1) is 27.0. The SMILES string of the molecule is CCCCC1=NC(NC(=O)[C@H](CC2CC2)[C@@H](O)CCCC)C(=O)N(Cc2ccccn2)c2ccccc21. The molecular weight excluding hydrogens is 464 g/mol. The van der Waals surface area contributed by atoms with Gasteiger partial charge in [-0.05, 0) is 49.8 Å². The van der Waals surface area contributed by atoms with Gasteiger partial charge in [-0.15, -0.1) is 0 Å². The maximum absolute atomic E-state index is 14.0. The molecule has 2 N–H and O–H groups in total. The third-order valence-electron chi connectivity index (χ3n) is 7.32. The van der Waals surface area contributed by atoms with Crippen LogP contribution in [-0.4, -0.2) is 39.9 Å². The van der Waals surface area contributed by atoms with E-state index >= 15 is 0 Å². The molecule has 2 aromatic rings. The lowest BCUT2D eigenvalue weighted by molar-refractivity contribution is -0.133. The van der Waals surface area contributed by atoms with E-state index in [1.165, 1.54) is 0 Å². The van der Waals surface area contributed by atoms with Gasteiger partial charge in [-0.2, -0.15) is 0 Å². The number of anilines is 1. The molecule has 2 amide bonds. The highest BCUT2D eigenvalue weighted by atomic mass is 16.3. The number of carbonyl (C=O) groups is 2. The largest absolute Gasteiger partial charge is 0.392 e. The molecule has 198 valence electrons. The number of aromatic nitrogens is 1. The Morgan fingerprint density at radius 2 is 1.86 bits per heavy atom. The van der Waals surface area contributed by atoms with E-state index in [9.17, 15) is 14.7 Å². The Labute approximate surface area is 220 Å². The number of benzodiazepines with no additional fused rings is 1. The summed E-state index contributed by atoms with van der Waals surface area (Å²) in [7, 11) is 0. The highest BCUT2D eigenvalue weighted by Gasteiger charge is 2.37. The van der Waals surface area contributed by atoms with Crippen LogP contribution in [0.4, 0.5) is 5.69 Å². The summed E-state index contributed by atoms with van der Waals surface area (Å²) in [5.74, 6) is -0.622. The monoisotopic (exact) mass is 504 g/mol. The number of rotatable bonds is 13. The number of carbonyl (C=O) groups excluding carboxylic acids is 2. The lowest BCUT2D eigenvalue weighted by atomic mass is 9.91. The summed E-state index contributed by atoms with van der Waals surface area (Å²) in [5, 5.41) is 13.9. The van der Waals surface area contributed by atoms with Crippen LogP contribution < -0.4 is 10.2 Å². The zero-order valence-corrected chi connectivity index (χ0v) is 22.1. The molecular formula is C30H40N4O3. The molecule has 7 nitrogen and oxygen atoms in total. The van der Waals surface area contributed by atoms with Crippen LogP contribution in [0.5, 0.6) is 0 Å². The van der Waals surface area contributed by atoms with Gasteiger partial charge in [-0.25, -0.2) is 0 Å². The number of nitrogens with one attached hydrogen (secondary N) is 1. The smallest absolute Gasteiger partial charge is 0.272 e. The highest BCUT2D eigenvalue weighted by Crippen LogP contribution is 2.37. The van der Waals surface area contributed by atoms with Crippen molar-refractivity contribution < 1.29 is 14.7 Å². The molecule has 0 spiro atoms. The predicted molar refractivity (Wildman–Crippen MR) is 146 cm³/mol. The summed E-state index contributed by atoms with van der Waals surface area (Å²) < 4.78 is 0. The van der Waals surface area contributed by atoms with Crippen LogP contribution in [0.2, 0.25) is 0 Å². The second-order valence-corrected chi connectivity index (χ2v) is 10.3. The zero-order chi connectivity index (χ0) is 26.2. The van der Waals surface area contributed by atoms with Crippen molar-refractivity contribution in [2.75, 3.05) is 4.90 Å². The predicted octanol–water partition coefficient (Wildman–Crippen LogP) is 5.02. The molecule has 37 heavy (non-hydrogen) atoms. The number of para-hydroxylation sites is 1. The third kappa shape index (κ3) is 7.04. The Morgan fingerprint density at radius 1 is 1.11 bits per heavy atom. The molecule has 1 aromatic carbocycles. The quantitative estimate of drug-likeness (QED) is 0.401. The number of pyridine rings is 1. The molecule has 1 fully saturated rings. The molecule has 1 aliphatic carbocycles. The highest BCUT2D eigenvalue weighted by molar-refractivity contribution is 6.13. The van der Waals surface area contributed by atoms with Crippen molar-refractivity contribution in [1.82, 2.24) is 10.3 Å². The van der Waals surface area contributed by atoms with Gasteiger partial charge < -0.3 is 15.3 Å². The number of nitrogens with zero attached hydrogens (tertiary/aromatic N) is 3. The van der Waals surface area contributed by atoms with Gasteiger partial charge in [0.05, 0.1) is 29.9 Å². The Hall–Kier alpha value is -3.06. The van der Waals surface area contributed by atoms with Gasteiger partial charge >= 0.3 is 0 Å². The second-order valence-electron chi connectivity index (χ2n) is 10.3. The van der Waals surface area contributed by atoms with Crippen molar-refractivity contribution in [3.05, 3.63) is 59.9 Å². The van der Waals surface area contributed by atoms with E-state index in [2.05, 4.69) is 24.1 Å². The van der Waals surface area contributed by atoms with Crippen molar-refractivity contribution in [2.45, 2.75) is 90.4 Å². The number of fused-ring (bicyclic) bond motifs is 1. The number of unbranched alkanes of at least 4 members (excludes halogenated alkanes) is 2. The van der Waals surface area contributed by atoms with Gasteiger partial charge in [0.1, 0.15) is 0 Å². The topological polar surface area (TPSA) is 94.9 Å². The molecule has 1 aliphatic heterocycles. The fourth-order valence-corrected chi connectivity index (χ4v) is 4.96. The lowest BCUT2D eigenvalue weighted by Gasteiger charge is -2.27. The minimum atomic E-state index is -1.05. The Kier molecular flexibility index (Phi) is 9.45.